The smallest absolute Gasteiger partial charge is 0.283 e. The Morgan fingerprint density at radius 2 is 2.35 bits per heavy atom. The first-order valence-corrected chi connectivity index (χ1v) is 8.72. The van der Waals surface area contributed by atoms with Crippen LogP contribution >= 0.6 is 34.7 Å². The van der Waals surface area contributed by atoms with Crippen molar-refractivity contribution in [2.45, 2.75) is 17.9 Å². The first-order chi connectivity index (χ1) is 9.69. The van der Waals surface area contributed by atoms with Crippen LogP contribution in [0.25, 0.3) is 0 Å². The molecule has 0 aliphatic carbocycles. The molecule has 0 spiro atoms. The number of halogens is 1. The lowest BCUT2D eigenvalue weighted by Crippen LogP contribution is -2.36. The van der Waals surface area contributed by atoms with E-state index in [1.807, 2.05) is 4.90 Å². The Hall–Kier alpha value is -1.04. The number of carbonyl (C=O) groups is 1. The third-order valence-corrected chi connectivity index (χ3v) is 5.37. The highest BCUT2D eigenvalue weighted by Gasteiger charge is 2.25. The summed E-state index contributed by atoms with van der Waals surface area (Å²) in [5.74, 6) is -0.0246. The topological polar surface area (TPSA) is 33.2 Å². The summed E-state index contributed by atoms with van der Waals surface area (Å²) in [6, 6.07) is 6.34. The predicted octanol–water partition coefficient (Wildman–Crippen LogP) is 3.72. The van der Waals surface area contributed by atoms with E-state index in [-0.39, 0.29) is 5.91 Å². The van der Waals surface area contributed by atoms with Crippen LogP contribution < -0.4 is 0 Å². The van der Waals surface area contributed by atoms with Crippen LogP contribution in [0.5, 0.6) is 0 Å². The van der Waals surface area contributed by atoms with Crippen LogP contribution in [0, 0.1) is 0 Å². The van der Waals surface area contributed by atoms with Gasteiger partial charge in [-0.25, -0.2) is 4.98 Å². The molecule has 0 radical (unpaired) electrons. The van der Waals surface area contributed by atoms with Crippen molar-refractivity contribution in [2.24, 2.45) is 0 Å². The van der Waals surface area contributed by atoms with Crippen LogP contribution in [0.4, 0.5) is 0 Å². The van der Waals surface area contributed by atoms with Crippen molar-refractivity contribution in [3.63, 3.8) is 0 Å². The summed E-state index contributed by atoms with van der Waals surface area (Å²) in [7, 11) is 0. The Labute approximate surface area is 131 Å². The molecule has 1 aromatic carbocycles. The van der Waals surface area contributed by atoms with Gasteiger partial charge in [-0.3, -0.25) is 4.79 Å². The molecule has 1 aromatic heterocycles. The largest absolute Gasteiger partial charge is 0.332 e. The standard InChI is InChI=1S/C14H13ClN2OS2/c1-19-11-4-2-3-9-5-6-17(7-10(9)11)14(18)13-16-12(15)8-20-13/h2-4,8H,5-7H2,1H3. The van der Waals surface area contributed by atoms with E-state index in [0.717, 1.165) is 13.0 Å². The summed E-state index contributed by atoms with van der Waals surface area (Å²) in [5, 5.41) is 2.56. The zero-order valence-corrected chi connectivity index (χ0v) is 13.3. The Morgan fingerprint density at radius 3 is 3.05 bits per heavy atom. The molecular weight excluding hydrogens is 312 g/mol. The monoisotopic (exact) mass is 324 g/mol. The number of thiazole rings is 1. The molecule has 0 atom stereocenters. The van der Waals surface area contributed by atoms with Crippen LogP contribution in [-0.4, -0.2) is 28.6 Å². The predicted molar refractivity (Wildman–Crippen MR) is 83.8 cm³/mol. The van der Waals surface area contributed by atoms with Gasteiger partial charge in [-0.1, -0.05) is 23.7 Å². The van der Waals surface area contributed by atoms with Gasteiger partial charge in [-0.2, -0.15) is 0 Å². The van der Waals surface area contributed by atoms with Crippen LogP contribution in [0.2, 0.25) is 5.15 Å². The molecular formula is C14H13ClN2OS2. The lowest BCUT2D eigenvalue weighted by atomic mass is 10.00. The summed E-state index contributed by atoms with van der Waals surface area (Å²) in [5.41, 5.74) is 2.61. The Bertz CT molecular complexity index is 642. The maximum Gasteiger partial charge on any atom is 0.283 e. The number of benzene rings is 1. The van der Waals surface area contributed by atoms with E-state index in [2.05, 4.69) is 29.4 Å². The molecule has 3 rings (SSSR count). The molecule has 0 saturated heterocycles. The fourth-order valence-electron chi connectivity index (χ4n) is 2.40. The molecule has 3 nitrogen and oxygen atoms in total. The van der Waals surface area contributed by atoms with E-state index in [1.54, 1.807) is 17.1 Å². The van der Waals surface area contributed by atoms with Crippen molar-refractivity contribution < 1.29 is 4.79 Å². The van der Waals surface area contributed by atoms with Gasteiger partial charge in [-0.05, 0) is 29.9 Å². The van der Waals surface area contributed by atoms with Crippen molar-refractivity contribution in [1.29, 1.82) is 0 Å². The van der Waals surface area contributed by atoms with Gasteiger partial charge < -0.3 is 4.90 Å². The van der Waals surface area contributed by atoms with Crippen molar-refractivity contribution >= 4 is 40.6 Å². The maximum atomic E-state index is 12.4. The van der Waals surface area contributed by atoms with Crippen molar-refractivity contribution in [2.75, 3.05) is 12.8 Å². The lowest BCUT2D eigenvalue weighted by Gasteiger charge is -2.29. The number of hydrogen-bond acceptors (Lipinski definition) is 4. The average molecular weight is 325 g/mol. The second kappa shape index (κ2) is 5.76. The third kappa shape index (κ3) is 2.57. The molecule has 0 bridgehead atoms. The summed E-state index contributed by atoms with van der Waals surface area (Å²) in [4.78, 5) is 19.6. The van der Waals surface area contributed by atoms with Crippen LogP contribution in [0.3, 0.4) is 0 Å². The van der Waals surface area contributed by atoms with Gasteiger partial charge in [0.15, 0.2) is 5.01 Å². The van der Waals surface area contributed by atoms with E-state index in [9.17, 15) is 4.79 Å². The minimum absolute atomic E-state index is 0.0246. The molecule has 1 amide bonds. The zero-order valence-electron chi connectivity index (χ0n) is 10.9. The zero-order chi connectivity index (χ0) is 14.1. The number of fused-ring (bicyclic) bond motifs is 1. The summed E-state index contributed by atoms with van der Waals surface area (Å²) in [6.07, 6.45) is 2.96. The van der Waals surface area contributed by atoms with E-state index in [0.29, 0.717) is 16.7 Å². The number of nitrogens with zero attached hydrogens (tertiary/aromatic N) is 2. The van der Waals surface area contributed by atoms with E-state index >= 15 is 0 Å². The molecule has 1 aliphatic heterocycles. The summed E-state index contributed by atoms with van der Waals surface area (Å²) >= 11 is 8.83. The van der Waals surface area contributed by atoms with Gasteiger partial charge in [0.1, 0.15) is 5.15 Å². The average Bonchev–Trinajstić information content (AvgIpc) is 2.91. The number of hydrogen-bond donors (Lipinski definition) is 0. The highest BCUT2D eigenvalue weighted by Crippen LogP contribution is 2.29. The molecule has 0 fully saturated rings. The van der Waals surface area contributed by atoms with Crippen LogP contribution in [0.1, 0.15) is 20.9 Å². The Kier molecular flexibility index (Phi) is 4.01. The summed E-state index contributed by atoms with van der Waals surface area (Å²) in [6.45, 7) is 1.39. The third-order valence-electron chi connectivity index (χ3n) is 3.40. The van der Waals surface area contributed by atoms with E-state index in [4.69, 9.17) is 11.6 Å². The molecule has 2 heterocycles. The molecule has 0 N–H and O–H groups in total. The van der Waals surface area contributed by atoms with Gasteiger partial charge >= 0.3 is 0 Å². The quantitative estimate of drug-likeness (QED) is 0.789. The second-order valence-electron chi connectivity index (χ2n) is 4.55. The van der Waals surface area contributed by atoms with E-state index in [1.165, 1.54) is 27.4 Å². The molecule has 0 saturated carbocycles. The van der Waals surface area contributed by atoms with Crippen LogP contribution in [0.15, 0.2) is 28.5 Å². The summed E-state index contributed by atoms with van der Waals surface area (Å²) < 4.78 is 0. The normalized spacial score (nSPS) is 14.2. The SMILES string of the molecule is CSc1cccc2c1CN(C(=O)c1nc(Cl)cs1)CC2. The number of aromatic nitrogens is 1. The van der Waals surface area contributed by atoms with Gasteiger partial charge in [0, 0.05) is 23.4 Å². The molecule has 104 valence electrons. The first kappa shape index (κ1) is 13.9. The minimum atomic E-state index is -0.0246. The Balaban J connectivity index is 1.86. The molecule has 2 aromatic rings. The van der Waals surface area contributed by atoms with Gasteiger partial charge in [0.05, 0.1) is 0 Å². The highest BCUT2D eigenvalue weighted by atomic mass is 35.5. The molecule has 1 aliphatic rings. The van der Waals surface area contributed by atoms with Gasteiger partial charge in [0.2, 0.25) is 0 Å². The number of thioether (sulfide) groups is 1. The van der Waals surface area contributed by atoms with Gasteiger partial charge in [-0.15, -0.1) is 23.1 Å². The fourth-order valence-corrected chi connectivity index (χ4v) is 3.97. The molecule has 0 unspecified atom stereocenters. The lowest BCUT2D eigenvalue weighted by molar-refractivity contribution is 0.0732. The number of carbonyl (C=O) groups excluding carboxylic acids is 1. The number of rotatable bonds is 2. The van der Waals surface area contributed by atoms with E-state index < -0.39 is 0 Å². The molecule has 20 heavy (non-hydrogen) atoms. The van der Waals surface area contributed by atoms with Crippen molar-refractivity contribution in [1.82, 2.24) is 9.88 Å². The fraction of sp³-hybridized carbons (Fsp3) is 0.286. The highest BCUT2D eigenvalue weighted by molar-refractivity contribution is 7.98. The second-order valence-corrected chi connectivity index (χ2v) is 6.64. The maximum absolute atomic E-state index is 12.4. The van der Waals surface area contributed by atoms with Crippen molar-refractivity contribution in [3.8, 4) is 0 Å². The van der Waals surface area contributed by atoms with Gasteiger partial charge in [0.25, 0.3) is 5.91 Å². The van der Waals surface area contributed by atoms with Crippen molar-refractivity contribution in [3.05, 3.63) is 44.9 Å². The van der Waals surface area contributed by atoms with Crippen LogP contribution in [-0.2, 0) is 13.0 Å². The first-order valence-electron chi connectivity index (χ1n) is 6.24. The Morgan fingerprint density at radius 1 is 1.50 bits per heavy atom. The molecule has 6 heteroatoms. The minimum Gasteiger partial charge on any atom is -0.332 e. The number of amides is 1.